The molecule has 0 radical (unpaired) electrons. The molecule has 0 atom stereocenters. The van der Waals surface area contributed by atoms with Crippen molar-refractivity contribution in [3.8, 4) is 11.8 Å². The van der Waals surface area contributed by atoms with Crippen LogP contribution < -0.4 is 14.4 Å². The molecule has 0 aliphatic rings. The van der Waals surface area contributed by atoms with Crippen LogP contribution in [0.5, 0.6) is 5.75 Å². The van der Waals surface area contributed by atoms with Crippen molar-refractivity contribution < 1.29 is 17.9 Å². The number of allylic oxidation sites excluding steroid dienone is 1. The second-order valence-electron chi connectivity index (χ2n) is 6.54. The fraction of sp³-hybridized carbons (Fsp3) is 0.318. The normalized spacial score (nSPS) is 11.6. The molecule has 7 nitrogen and oxygen atoms in total. The summed E-state index contributed by atoms with van der Waals surface area (Å²) in [7, 11) is -0.127. The number of nitrogens with one attached hydrogen (secondary N) is 1. The number of sulfonamides is 1. The molecule has 0 saturated carbocycles. The van der Waals surface area contributed by atoms with Crippen molar-refractivity contribution in [3.05, 3.63) is 59.7 Å². The van der Waals surface area contributed by atoms with Gasteiger partial charge in [-0.25, -0.2) is 8.42 Å². The van der Waals surface area contributed by atoms with Crippen LogP contribution in [0.1, 0.15) is 18.1 Å². The Morgan fingerprint density at radius 3 is 2.47 bits per heavy atom. The number of nitriles is 1. The average Bonchev–Trinajstić information content (AvgIpc) is 2.74. The molecule has 8 heteroatoms. The van der Waals surface area contributed by atoms with Crippen LogP contribution in [0.25, 0.3) is 5.70 Å². The number of ether oxygens (including phenoxy) is 2. The van der Waals surface area contributed by atoms with Gasteiger partial charge in [0.1, 0.15) is 5.75 Å². The highest BCUT2D eigenvalue weighted by Crippen LogP contribution is 2.32. The summed E-state index contributed by atoms with van der Waals surface area (Å²) in [5.41, 5.74) is 3.83. The predicted molar refractivity (Wildman–Crippen MR) is 120 cm³/mol. The summed E-state index contributed by atoms with van der Waals surface area (Å²) >= 11 is 0. The van der Waals surface area contributed by atoms with Crippen molar-refractivity contribution in [2.45, 2.75) is 13.8 Å². The summed E-state index contributed by atoms with van der Waals surface area (Å²) in [6.07, 6.45) is 1.47. The fourth-order valence-electron chi connectivity index (χ4n) is 2.90. The average molecular weight is 430 g/mol. The number of nitrogens with zero attached hydrogens (tertiary/aromatic N) is 2. The number of rotatable bonds is 10. The van der Waals surface area contributed by atoms with Crippen LogP contribution in [0.2, 0.25) is 0 Å². The monoisotopic (exact) mass is 429 g/mol. The Balaban J connectivity index is 2.49. The van der Waals surface area contributed by atoms with E-state index in [2.05, 4.69) is 10.8 Å². The number of hydrogen-bond donors (Lipinski definition) is 1. The SMILES string of the molecule is CCS(=O)(=O)Nc1ccc(C(=CC#N)N(CCOC)c2cc(OC)ccc2C)cc1. The Kier molecular flexibility index (Phi) is 8.27. The van der Waals surface area contributed by atoms with Gasteiger partial charge in [-0.05, 0) is 43.2 Å². The lowest BCUT2D eigenvalue weighted by Crippen LogP contribution is -2.26. The molecule has 2 rings (SSSR count). The van der Waals surface area contributed by atoms with Gasteiger partial charge in [0.2, 0.25) is 10.0 Å². The van der Waals surface area contributed by atoms with E-state index in [0.29, 0.717) is 30.3 Å². The summed E-state index contributed by atoms with van der Waals surface area (Å²) in [6, 6.07) is 14.8. The molecular weight excluding hydrogens is 402 g/mol. The quantitative estimate of drug-likeness (QED) is 0.578. The topological polar surface area (TPSA) is 91.7 Å². The minimum atomic E-state index is -3.36. The number of methoxy groups -OCH3 is 2. The van der Waals surface area contributed by atoms with E-state index >= 15 is 0 Å². The molecule has 0 aromatic heterocycles. The van der Waals surface area contributed by atoms with E-state index in [0.717, 1.165) is 16.8 Å². The maximum Gasteiger partial charge on any atom is 0.232 e. The molecule has 160 valence electrons. The van der Waals surface area contributed by atoms with Gasteiger partial charge in [-0.1, -0.05) is 18.2 Å². The smallest absolute Gasteiger partial charge is 0.232 e. The Bertz CT molecular complexity index is 1030. The largest absolute Gasteiger partial charge is 0.497 e. The van der Waals surface area contributed by atoms with Gasteiger partial charge in [0.05, 0.1) is 31.2 Å². The second kappa shape index (κ2) is 10.7. The number of anilines is 2. The summed E-state index contributed by atoms with van der Waals surface area (Å²) in [4.78, 5) is 2.00. The molecule has 0 amide bonds. The maximum atomic E-state index is 11.8. The summed E-state index contributed by atoms with van der Waals surface area (Å²) in [5.74, 6) is 0.701. The van der Waals surface area contributed by atoms with Crippen molar-refractivity contribution in [1.82, 2.24) is 0 Å². The van der Waals surface area contributed by atoms with Crippen molar-refractivity contribution in [1.29, 1.82) is 5.26 Å². The van der Waals surface area contributed by atoms with Gasteiger partial charge in [0.15, 0.2) is 0 Å². The molecule has 1 N–H and O–H groups in total. The van der Waals surface area contributed by atoms with Gasteiger partial charge in [-0.2, -0.15) is 5.26 Å². The van der Waals surface area contributed by atoms with E-state index in [1.54, 1.807) is 45.4 Å². The second-order valence-corrected chi connectivity index (χ2v) is 8.55. The summed E-state index contributed by atoms with van der Waals surface area (Å²) < 4.78 is 36.8. The zero-order valence-electron chi connectivity index (χ0n) is 17.7. The van der Waals surface area contributed by atoms with Gasteiger partial charge in [-0.15, -0.1) is 0 Å². The minimum absolute atomic E-state index is 0.00571. The Labute approximate surface area is 178 Å². The molecule has 0 aliphatic carbocycles. The molecule has 0 saturated heterocycles. The van der Waals surface area contributed by atoms with Crippen LogP contribution in [0.15, 0.2) is 48.5 Å². The number of hydrogen-bond acceptors (Lipinski definition) is 6. The first-order chi connectivity index (χ1) is 14.3. The standard InChI is InChI=1S/C22H27N3O4S/c1-5-30(26,27)24-19-9-7-18(8-10-19)21(12-13-23)25(14-15-28-3)22-16-20(29-4)11-6-17(22)2/h6-12,16,24H,5,14-15H2,1-4H3. The lowest BCUT2D eigenvalue weighted by molar-refractivity contribution is 0.207. The molecular formula is C22H27N3O4S. The third-order valence-corrected chi connectivity index (χ3v) is 5.86. The van der Waals surface area contributed by atoms with Crippen molar-refractivity contribution in [2.24, 2.45) is 0 Å². The van der Waals surface area contributed by atoms with Crippen LogP contribution >= 0.6 is 0 Å². The highest BCUT2D eigenvalue weighted by atomic mass is 32.2. The van der Waals surface area contributed by atoms with Crippen molar-refractivity contribution in [2.75, 3.05) is 42.7 Å². The molecule has 0 spiro atoms. The van der Waals surface area contributed by atoms with Gasteiger partial charge in [-0.3, -0.25) is 4.72 Å². The zero-order chi connectivity index (χ0) is 22.1. The third-order valence-electron chi connectivity index (χ3n) is 4.55. The van der Waals surface area contributed by atoms with Gasteiger partial charge in [0.25, 0.3) is 0 Å². The van der Waals surface area contributed by atoms with E-state index in [1.165, 1.54) is 6.08 Å². The van der Waals surface area contributed by atoms with E-state index in [9.17, 15) is 13.7 Å². The molecule has 2 aromatic rings. The van der Waals surface area contributed by atoms with Gasteiger partial charge < -0.3 is 14.4 Å². The molecule has 0 heterocycles. The predicted octanol–water partition coefficient (Wildman–Crippen LogP) is 3.78. The van der Waals surface area contributed by atoms with Crippen LogP contribution in [0, 0.1) is 18.3 Å². The third kappa shape index (κ3) is 5.99. The molecule has 0 aliphatic heterocycles. The minimum Gasteiger partial charge on any atom is -0.497 e. The first-order valence-corrected chi connectivity index (χ1v) is 11.1. The molecule has 0 bridgehead atoms. The van der Waals surface area contributed by atoms with Crippen molar-refractivity contribution in [3.63, 3.8) is 0 Å². The van der Waals surface area contributed by atoms with Gasteiger partial charge in [0, 0.05) is 37.2 Å². The van der Waals surface area contributed by atoms with Crippen molar-refractivity contribution >= 4 is 27.1 Å². The first-order valence-electron chi connectivity index (χ1n) is 9.47. The zero-order valence-corrected chi connectivity index (χ0v) is 18.5. The first kappa shape index (κ1) is 23.3. The van der Waals surface area contributed by atoms with Crippen LogP contribution in [0.4, 0.5) is 11.4 Å². The molecule has 0 fully saturated rings. The lowest BCUT2D eigenvalue weighted by atomic mass is 10.1. The Morgan fingerprint density at radius 2 is 1.90 bits per heavy atom. The van der Waals surface area contributed by atoms with Gasteiger partial charge >= 0.3 is 0 Å². The van der Waals surface area contributed by atoms with Crippen LogP contribution in [-0.2, 0) is 14.8 Å². The summed E-state index contributed by atoms with van der Waals surface area (Å²) in [5, 5.41) is 9.43. The maximum absolute atomic E-state index is 11.8. The van der Waals surface area contributed by atoms with E-state index in [4.69, 9.17) is 9.47 Å². The highest BCUT2D eigenvalue weighted by molar-refractivity contribution is 7.92. The highest BCUT2D eigenvalue weighted by Gasteiger charge is 2.17. The molecule has 30 heavy (non-hydrogen) atoms. The number of aryl methyl sites for hydroxylation is 1. The Hall–Kier alpha value is -3.02. The fourth-order valence-corrected chi connectivity index (χ4v) is 3.54. The summed E-state index contributed by atoms with van der Waals surface area (Å²) in [6.45, 7) is 4.53. The Morgan fingerprint density at radius 1 is 1.20 bits per heavy atom. The molecule has 0 unspecified atom stereocenters. The van der Waals surface area contributed by atoms with E-state index < -0.39 is 10.0 Å². The van der Waals surface area contributed by atoms with Crippen LogP contribution in [-0.4, -0.2) is 41.5 Å². The van der Waals surface area contributed by atoms with E-state index in [-0.39, 0.29) is 5.75 Å². The molecule has 2 aromatic carbocycles. The van der Waals surface area contributed by atoms with Crippen LogP contribution in [0.3, 0.4) is 0 Å². The lowest BCUT2D eigenvalue weighted by Gasteiger charge is -2.29. The number of benzene rings is 2. The van der Waals surface area contributed by atoms with E-state index in [1.807, 2.05) is 30.0 Å².